The minimum atomic E-state index is -1.62. The van der Waals surface area contributed by atoms with Crippen LogP contribution < -0.4 is 10.1 Å². The molecule has 1 heterocycles. The Labute approximate surface area is 135 Å². The fraction of sp³-hybridized carbons (Fsp3) is 0.118. The number of benzene rings is 2. The Morgan fingerprint density at radius 2 is 1.96 bits per heavy atom. The zero-order valence-corrected chi connectivity index (χ0v) is 12.6. The molecular formula is C17H13F3N2O2. The summed E-state index contributed by atoms with van der Waals surface area (Å²) in [6.07, 6.45) is 1.59. The van der Waals surface area contributed by atoms with Gasteiger partial charge in [0.25, 0.3) is 0 Å². The molecule has 3 rings (SSSR count). The summed E-state index contributed by atoms with van der Waals surface area (Å²) in [6.45, 7) is 0. The van der Waals surface area contributed by atoms with Crippen LogP contribution in [0.1, 0.15) is 5.56 Å². The van der Waals surface area contributed by atoms with Crippen molar-refractivity contribution in [1.29, 1.82) is 0 Å². The number of carbonyl (C=O) groups excluding carboxylic acids is 1. The predicted molar refractivity (Wildman–Crippen MR) is 83.5 cm³/mol. The molecule has 0 saturated heterocycles. The molecule has 4 nitrogen and oxygen atoms in total. The van der Waals surface area contributed by atoms with Gasteiger partial charge in [-0.1, -0.05) is 0 Å². The molecule has 0 unspecified atom stereocenters. The van der Waals surface area contributed by atoms with Crippen LogP contribution in [-0.4, -0.2) is 18.0 Å². The van der Waals surface area contributed by atoms with Crippen LogP contribution >= 0.6 is 0 Å². The molecule has 124 valence electrons. The lowest BCUT2D eigenvalue weighted by Gasteiger charge is -2.07. The molecule has 0 atom stereocenters. The molecule has 0 saturated carbocycles. The third-order valence-electron chi connectivity index (χ3n) is 3.63. The average Bonchev–Trinajstić information content (AvgIpc) is 2.97. The average molecular weight is 334 g/mol. The first-order valence-electron chi connectivity index (χ1n) is 7.07. The van der Waals surface area contributed by atoms with Crippen molar-refractivity contribution in [3.63, 3.8) is 0 Å². The number of hydrogen-bond donors (Lipinski definition) is 2. The van der Waals surface area contributed by atoms with Crippen molar-refractivity contribution in [2.45, 2.75) is 6.42 Å². The van der Waals surface area contributed by atoms with E-state index in [-0.39, 0.29) is 6.42 Å². The van der Waals surface area contributed by atoms with Gasteiger partial charge in [-0.3, -0.25) is 4.79 Å². The van der Waals surface area contributed by atoms with Crippen LogP contribution in [0.15, 0.2) is 36.5 Å². The molecule has 0 aliphatic rings. The summed E-state index contributed by atoms with van der Waals surface area (Å²) in [7, 11) is 1.53. The molecule has 0 aliphatic heterocycles. The number of aromatic nitrogens is 1. The van der Waals surface area contributed by atoms with E-state index in [1.165, 1.54) is 7.11 Å². The maximum atomic E-state index is 13.6. The first-order chi connectivity index (χ1) is 11.5. The van der Waals surface area contributed by atoms with E-state index in [0.717, 1.165) is 23.0 Å². The minimum Gasteiger partial charge on any atom is -0.497 e. The third-order valence-corrected chi connectivity index (χ3v) is 3.63. The van der Waals surface area contributed by atoms with Gasteiger partial charge in [0, 0.05) is 17.1 Å². The van der Waals surface area contributed by atoms with E-state index >= 15 is 0 Å². The smallest absolute Gasteiger partial charge is 0.228 e. The third kappa shape index (κ3) is 2.92. The molecule has 0 bridgehead atoms. The molecule has 3 aromatic rings. The van der Waals surface area contributed by atoms with Crippen LogP contribution in [0.25, 0.3) is 10.9 Å². The van der Waals surface area contributed by atoms with Crippen LogP contribution in [0.2, 0.25) is 0 Å². The molecule has 0 radical (unpaired) electrons. The summed E-state index contributed by atoms with van der Waals surface area (Å²) >= 11 is 0. The minimum absolute atomic E-state index is 0.0639. The van der Waals surface area contributed by atoms with Gasteiger partial charge < -0.3 is 15.0 Å². The van der Waals surface area contributed by atoms with Crippen molar-refractivity contribution in [2.75, 3.05) is 12.4 Å². The van der Waals surface area contributed by atoms with Crippen molar-refractivity contribution in [3.8, 4) is 5.75 Å². The number of halogens is 3. The monoisotopic (exact) mass is 334 g/mol. The number of rotatable bonds is 4. The number of methoxy groups -OCH3 is 1. The van der Waals surface area contributed by atoms with Gasteiger partial charge >= 0.3 is 0 Å². The Morgan fingerprint density at radius 1 is 1.17 bits per heavy atom. The number of nitrogens with one attached hydrogen (secondary N) is 2. The van der Waals surface area contributed by atoms with Crippen LogP contribution in [0.4, 0.5) is 18.9 Å². The SMILES string of the molecule is COc1ccc2[nH]cc(CC(=O)Nc3ccc(F)c(F)c3F)c2c1. The van der Waals surface area contributed by atoms with Crippen LogP contribution in [0, 0.1) is 17.5 Å². The summed E-state index contributed by atoms with van der Waals surface area (Å²) in [5.41, 5.74) is 1.08. The van der Waals surface area contributed by atoms with E-state index < -0.39 is 29.0 Å². The number of ether oxygens (including phenoxy) is 1. The van der Waals surface area contributed by atoms with Crippen molar-refractivity contribution in [2.24, 2.45) is 0 Å². The highest BCUT2D eigenvalue weighted by Crippen LogP contribution is 2.25. The Bertz CT molecular complexity index is 922. The maximum Gasteiger partial charge on any atom is 0.228 e. The number of carbonyl (C=O) groups is 1. The molecule has 1 aromatic heterocycles. The van der Waals surface area contributed by atoms with Gasteiger partial charge in [-0.25, -0.2) is 13.2 Å². The molecule has 2 N–H and O–H groups in total. The molecule has 0 aliphatic carbocycles. The van der Waals surface area contributed by atoms with Gasteiger partial charge in [-0.2, -0.15) is 0 Å². The molecule has 0 fully saturated rings. The topological polar surface area (TPSA) is 54.1 Å². The standard InChI is InChI=1S/C17H13F3N2O2/c1-24-10-2-4-13-11(7-10)9(8-21-13)6-15(23)22-14-5-3-12(18)16(19)17(14)20/h2-5,7-8,21H,6H2,1H3,(H,22,23). The summed E-state index contributed by atoms with van der Waals surface area (Å²) in [4.78, 5) is 15.1. The van der Waals surface area contributed by atoms with Crippen LogP contribution in [-0.2, 0) is 11.2 Å². The van der Waals surface area contributed by atoms with Crippen LogP contribution in [0.5, 0.6) is 5.75 Å². The fourth-order valence-electron chi connectivity index (χ4n) is 2.42. The normalized spacial score (nSPS) is 10.8. The van der Waals surface area contributed by atoms with Gasteiger partial charge in [0.15, 0.2) is 17.5 Å². The van der Waals surface area contributed by atoms with Crippen LogP contribution in [0.3, 0.4) is 0 Å². The predicted octanol–water partition coefficient (Wildman–Crippen LogP) is 3.78. The van der Waals surface area contributed by atoms with Gasteiger partial charge in [0.2, 0.25) is 5.91 Å². The second-order valence-corrected chi connectivity index (χ2v) is 5.17. The lowest BCUT2D eigenvalue weighted by molar-refractivity contribution is -0.115. The molecular weight excluding hydrogens is 321 g/mol. The summed E-state index contributed by atoms with van der Waals surface area (Å²) in [6, 6.07) is 7.09. The first-order valence-corrected chi connectivity index (χ1v) is 7.07. The zero-order chi connectivity index (χ0) is 17.3. The lowest BCUT2D eigenvalue weighted by atomic mass is 10.1. The quantitative estimate of drug-likeness (QED) is 0.714. The summed E-state index contributed by atoms with van der Waals surface area (Å²) in [5.74, 6) is -4.28. The number of aromatic amines is 1. The number of amides is 1. The van der Waals surface area contributed by atoms with Gasteiger partial charge in [-0.05, 0) is 35.9 Å². The Balaban J connectivity index is 1.82. The lowest BCUT2D eigenvalue weighted by Crippen LogP contribution is -2.16. The van der Waals surface area contributed by atoms with Crippen molar-refractivity contribution in [3.05, 3.63) is 59.5 Å². The second-order valence-electron chi connectivity index (χ2n) is 5.17. The number of anilines is 1. The second kappa shape index (κ2) is 6.27. The first kappa shape index (κ1) is 15.9. The summed E-state index contributed by atoms with van der Waals surface area (Å²) in [5, 5.41) is 3.03. The molecule has 7 heteroatoms. The Hall–Kier alpha value is -2.96. The highest BCUT2D eigenvalue weighted by molar-refractivity contribution is 5.96. The van der Waals surface area contributed by atoms with E-state index in [1.54, 1.807) is 18.3 Å². The molecule has 24 heavy (non-hydrogen) atoms. The number of fused-ring (bicyclic) bond motifs is 1. The van der Waals surface area contributed by atoms with E-state index in [0.29, 0.717) is 11.3 Å². The summed E-state index contributed by atoms with van der Waals surface area (Å²) < 4.78 is 44.8. The maximum absolute atomic E-state index is 13.6. The van der Waals surface area contributed by atoms with E-state index in [1.807, 2.05) is 6.07 Å². The zero-order valence-electron chi connectivity index (χ0n) is 12.6. The highest BCUT2D eigenvalue weighted by Gasteiger charge is 2.16. The van der Waals surface area contributed by atoms with Gasteiger partial charge in [0.05, 0.1) is 19.2 Å². The Morgan fingerprint density at radius 3 is 2.71 bits per heavy atom. The molecule has 1 amide bonds. The largest absolute Gasteiger partial charge is 0.497 e. The van der Waals surface area contributed by atoms with E-state index in [2.05, 4.69) is 10.3 Å². The van der Waals surface area contributed by atoms with Crippen molar-refractivity contribution >= 4 is 22.5 Å². The number of hydrogen-bond acceptors (Lipinski definition) is 2. The highest BCUT2D eigenvalue weighted by atomic mass is 19.2. The van der Waals surface area contributed by atoms with Crippen molar-refractivity contribution < 1.29 is 22.7 Å². The van der Waals surface area contributed by atoms with E-state index in [9.17, 15) is 18.0 Å². The van der Waals surface area contributed by atoms with E-state index in [4.69, 9.17) is 4.74 Å². The van der Waals surface area contributed by atoms with Gasteiger partial charge in [0.1, 0.15) is 5.75 Å². The Kier molecular flexibility index (Phi) is 4.16. The molecule has 2 aromatic carbocycles. The number of H-pyrrole nitrogens is 1. The molecule has 0 spiro atoms. The van der Waals surface area contributed by atoms with Crippen molar-refractivity contribution in [1.82, 2.24) is 4.98 Å². The van der Waals surface area contributed by atoms with Gasteiger partial charge in [-0.15, -0.1) is 0 Å². The fourth-order valence-corrected chi connectivity index (χ4v) is 2.42.